The zero-order valence-electron chi connectivity index (χ0n) is 10.7. The third kappa shape index (κ3) is 2.61. The molecule has 0 bridgehead atoms. The number of rotatable bonds is 2. The van der Waals surface area contributed by atoms with Gasteiger partial charge in [-0.25, -0.2) is 0 Å². The smallest absolute Gasteiger partial charge is 0.263 e. The van der Waals surface area contributed by atoms with Crippen LogP contribution in [0.5, 0.6) is 0 Å². The van der Waals surface area contributed by atoms with Crippen LogP contribution in [-0.4, -0.2) is 20.0 Å². The summed E-state index contributed by atoms with van der Waals surface area (Å²) >= 11 is 0. The van der Waals surface area contributed by atoms with Crippen molar-refractivity contribution in [2.45, 2.75) is 26.6 Å². The Kier molecular flexibility index (Phi) is 3.44. The Hall–Kier alpha value is -2.43. The van der Waals surface area contributed by atoms with Crippen LogP contribution in [0.3, 0.4) is 0 Å². The molecule has 0 aliphatic rings. The van der Waals surface area contributed by atoms with Crippen LogP contribution in [0, 0.1) is 25.2 Å². The largest absolute Gasteiger partial charge is 0.435 e. The molecule has 0 N–H and O–H groups in total. The van der Waals surface area contributed by atoms with Gasteiger partial charge in [0.15, 0.2) is 11.4 Å². The molecule has 0 amide bonds. The van der Waals surface area contributed by atoms with E-state index in [4.69, 9.17) is 5.26 Å². The summed E-state index contributed by atoms with van der Waals surface area (Å²) < 4.78 is 39.4. The van der Waals surface area contributed by atoms with Gasteiger partial charge in [0.25, 0.3) is 0 Å². The zero-order chi connectivity index (χ0) is 14.9. The molecule has 0 aliphatic heterocycles. The van der Waals surface area contributed by atoms with Crippen LogP contribution in [0.25, 0.3) is 0 Å². The van der Waals surface area contributed by atoms with Crippen LogP contribution < -0.4 is 0 Å². The van der Waals surface area contributed by atoms with Crippen molar-refractivity contribution in [3.05, 3.63) is 40.5 Å². The highest BCUT2D eigenvalue weighted by Crippen LogP contribution is 2.31. The van der Waals surface area contributed by atoms with E-state index in [2.05, 4.69) is 15.3 Å². The monoisotopic (exact) mass is 281 g/mol. The molecule has 5 nitrogen and oxygen atoms in total. The van der Waals surface area contributed by atoms with Crippen LogP contribution >= 0.6 is 0 Å². The molecule has 0 spiro atoms. The lowest BCUT2D eigenvalue weighted by molar-refractivity contribution is -0.141. The Balaban J connectivity index is 2.32. The molecule has 0 fully saturated rings. The highest BCUT2D eigenvalue weighted by Gasteiger charge is 2.37. The van der Waals surface area contributed by atoms with Crippen molar-refractivity contribution >= 4 is 0 Å². The zero-order valence-corrected chi connectivity index (χ0v) is 10.7. The maximum atomic E-state index is 12.7. The summed E-state index contributed by atoms with van der Waals surface area (Å²) in [6.45, 7) is 3.02. The number of alkyl halides is 3. The van der Waals surface area contributed by atoms with E-state index in [0.29, 0.717) is 11.4 Å². The summed E-state index contributed by atoms with van der Waals surface area (Å²) in [6, 6.07) is 4.81. The quantitative estimate of drug-likeness (QED) is 0.846. The molecule has 0 saturated carbocycles. The van der Waals surface area contributed by atoms with Gasteiger partial charge >= 0.3 is 6.18 Å². The van der Waals surface area contributed by atoms with Gasteiger partial charge in [0, 0.05) is 11.3 Å². The van der Waals surface area contributed by atoms with Crippen molar-refractivity contribution in [1.82, 2.24) is 20.0 Å². The third-order valence-corrected chi connectivity index (χ3v) is 2.92. The highest BCUT2D eigenvalue weighted by molar-refractivity contribution is 5.26. The van der Waals surface area contributed by atoms with Crippen molar-refractivity contribution < 1.29 is 13.2 Å². The fraction of sp³-hybridized carbons (Fsp3) is 0.333. The highest BCUT2D eigenvalue weighted by atomic mass is 19.4. The van der Waals surface area contributed by atoms with Crippen molar-refractivity contribution in [3.8, 4) is 6.07 Å². The minimum absolute atomic E-state index is 0.0709. The van der Waals surface area contributed by atoms with E-state index in [0.717, 1.165) is 0 Å². The number of halogens is 3. The Bertz CT molecular complexity index is 664. The maximum Gasteiger partial charge on any atom is 0.435 e. The molecular weight excluding hydrogens is 271 g/mol. The molecule has 0 saturated heterocycles. The van der Waals surface area contributed by atoms with E-state index >= 15 is 0 Å². The Morgan fingerprint density at radius 2 is 1.95 bits per heavy atom. The Morgan fingerprint density at radius 3 is 2.40 bits per heavy atom. The number of hydrogen-bond acceptors (Lipinski definition) is 4. The van der Waals surface area contributed by atoms with Gasteiger partial charge in [0.1, 0.15) is 6.07 Å². The Labute approximate surface area is 112 Å². The fourth-order valence-corrected chi connectivity index (χ4v) is 1.72. The molecule has 0 aliphatic carbocycles. The van der Waals surface area contributed by atoms with E-state index in [1.165, 1.54) is 23.7 Å². The number of hydrogen-bond donors (Lipinski definition) is 0. The fourth-order valence-electron chi connectivity index (χ4n) is 1.72. The van der Waals surface area contributed by atoms with Crippen LogP contribution in [0.2, 0.25) is 0 Å². The van der Waals surface area contributed by atoms with Gasteiger partial charge < -0.3 is 0 Å². The minimum Gasteiger partial charge on any atom is -0.263 e. The summed E-state index contributed by atoms with van der Waals surface area (Å²) in [4.78, 5) is 0. The van der Waals surface area contributed by atoms with Gasteiger partial charge in [0.05, 0.1) is 12.2 Å². The topological polar surface area (TPSA) is 67.4 Å². The number of nitrogens with zero attached hydrogens (tertiary/aromatic N) is 5. The standard InChI is InChI=1S/C12H10F3N5/c1-7-8(2)20(19-11(7)12(13,14)15)6-10-4-3-9(5-16)17-18-10/h3-4H,6H2,1-2H3. The van der Waals surface area contributed by atoms with E-state index in [-0.39, 0.29) is 17.8 Å². The summed E-state index contributed by atoms with van der Waals surface area (Å²) in [5.41, 5.74) is 0.209. The predicted molar refractivity (Wildman–Crippen MR) is 62.6 cm³/mol. The van der Waals surface area contributed by atoms with Gasteiger partial charge in [-0.2, -0.15) is 28.6 Å². The molecule has 104 valence electrons. The predicted octanol–water partition coefficient (Wildman–Crippen LogP) is 2.23. The molecule has 2 aromatic heterocycles. The normalized spacial score (nSPS) is 11.4. The molecule has 0 radical (unpaired) electrons. The third-order valence-electron chi connectivity index (χ3n) is 2.92. The van der Waals surface area contributed by atoms with Gasteiger partial charge in [-0.15, -0.1) is 5.10 Å². The second kappa shape index (κ2) is 4.92. The Morgan fingerprint density at radius 1 is 1.25 bits per heavy atom. The summed E-state index contributed by atoms with van der Waals surface area (Å²) in [7, 11) is 0. The average molecular weight is 281 g/mol. The van der Waals surface area contributed by atoms with Gasteiger partial charge in [0.2, 0.25) is 0 Å². The molecule has 8 heteroatoms. The summed E-state index contributed by atoms with van der Waals surface area (Å²) in [6.07, 6.45) is -4.48. The molecule has 2 rings (SSSR count). The first-order chi connectivity index (χ1) is 9.32. The molecule has 2 aromatic rings. The molecule has 20 heavy (non-hydrogen) atoms. The lowest BCUT2D eigenvalue weighted by Crippen LogP contribution is -2.10. The number of aromatic nitrogens is 4. The van der Waals surface area contributed by atoms with Crippen molar-refractivity contribution in [1.29, 1.82) is 5.26 Å². The second-order valence-electron chi connectivity index (χ2n) is 4.24. The first-order valence-corrected chi connectivity index (χ1v) is 5.67. The van der Waals surface area contributed by atoms with Crippen LogP contribution in [0.1, 0.15) is 28.3 Å². The van der Waals surface area contributed by atoms with Gasteiger partial charge in [-0.1, -0.05) is 0 Å². The molecule has 0 atom stereocenters. The SMILES string of the molecule is Cc1c(C(F)(F)F)nn(Cc2ccc(C#N)nn2)c1C. The van der Waals surface area contributed by atoms with Crippen molar-refractivity contribution in [2.75, 3.05) is 0 Å². The van der Waals surface area contributed by atoms with Gasteiger partial charge in [-0.05, 0) is 26.0 Å². The van der Waals surface area contributed by atoms with E-state index < -0.39 is 11.9 Å². The van der Waals surface area contributed by atoms with Crippen LogP contribution in [-0.2, 0) is 12.7 Å². The van der Waals surface area contributed by atoms with E-state index in [1.54, 1.807) is 6.92 Å². The minimum atomic E-state index is -4.48. The summed E-state index contributed by atoms with van der Waals surface area (Å²) in [5, 5.41) is 19.6. The first kappa shape index (κ1) is 14.0. The average Bonchev–Trinajstić information content (AvgIpc) is 2.68. The van der Waals surface area contributed by atoms with Crippen LogP contribution in [0.4, 0.5) is 13.2 Å². The lowest BCUT2D eigenvalue weighted by atomic mass is 10.2. The molecular formula is C12H10F3N5. The van der Waals surface area contributed by atoms with Crippen LogP contribution in [0.15, 0.2) is 12.1 Å². The van der Waals surface area contributed by atoms with Crippen molar-refractivity contribution in [2.24, 2.45) is 0 Å². The maximum absolute atomic E-state index is 12.7. The van der Waals surface area contributed by atoms with E-state index in [9.17, 15) is 13.2 Å². The van der Waals surface area contributed by atoms with Gasteiger partial charge in [-0.3, -0.25) is 4.68 Å². The summed E-state index contributed by atoms with van der Waals surface area (Å²) in [5.74, 6) is 0. The van der Waals surface area contributed by atoms with Crippen molar-refractivity contribution in [3.63, 3.8) is 0 Å². The molecule has 2 heterocycles. The van der Waals surface area contributed by atoms with E-state index in [1.807, 2.05) is 6.07 Å². The lowest BCUT2D eigenvalue weighted by Gasteiger charge is -2.03. The second-order valence-corrected chi connectivity index (χ2v) is 4.24. The first-order valence-electron chi connectivity index (χ1n) is 5.67. The molecule has 0 aromatic carbocycles. The number of nitriles is 1. The molecule has 0 unspecified atom stereocenters.